The van der Waals surface area contributed by atoms with Crippen LogP contribution in [0, 0.1) is 0 Å². The van der Waals surface area contributed by atoms with Gasteiger partial charge in [0.1, 0.15) is 17.5 Å². The first kappa shape index (κ1) is 8.87. The summed E-state index contributed by atoms with van der Waals surface area (Å²) in [6.07, 6.45) is 0. The zero-order chi connectivity index (χ0) is 10.3. The van der Waals surface area contributed by atoms with Crippen LogP contribution < -0.4 is 10.2 Å². The Morgan fingerprint density at radius 2 is 2.21 bits per heavy atom. The van der Waals surface area contributed by atoms with Gasteiger partial charge in [-0.2, -0.15) is 0 Å². The molecule has 0 fully saturated rings. The number of nitrogens with zero attached hydrogens (tertiary/aromatic N) is 1. The number of para-hydroxylation sites is 1. The fourth-order valence-corrected chi connectivity index (χ4v) is 1.56. The van der Waals surface area contributed by atoms with E-state index in [0.29, 0.717) is 5.69 Å². The Morgan fingerprint density at radius 1 is 1.50 bits per heavy atom. The molecule has 14 heavy (non-hydrogen) atoms. The van der Waals surface area contributed by atoms with E-state index in [9.17, 15) is 9.90 Å². The smallest absolute Gasteiger partial charge is 0.246 e. The van der Waals surface area contributed by atoms with E-state index in [1.54, 1.807) is 12.1 Å². The zero-order valence-corrected chi connectivity index (χ0v) is 8.11. The lowest BCUT2D eigenvalue weighted by Gasteiger charge is -2.33. The largest absolute Gasteiger partial charge is 0.506 e. The van der Waals surface area contributed by atoms with Crippen molar-refractivity contribution in [3.05, 3.63) is 18.2 Å². The number of carbonyl (C=O) groups excluding carboxylic acids is 1. The molecule has 1 aromatic carbocycles. The molecule has 4 nitrogen and oxygen atoms in total. The molecule has 2 N–H and O–H groups in total. The second-order valence-corrected chi connectivity index (χ2v) is 3.45. The third-order valence-corrected chi connectivity index (χ3v) is 2.61. The molecule has 0 saturated carbocycles. The lowest BCUT2D eigenvalue weighted by atomic mass is 10.1. The topological polar surface area (TPSA) is 52.6 Å². The molecule has 74 valence electrons. The highest BCUT2D eigenvalue weighted by atomic mass is 16.3. The minimum Gasteiger partial charge on any atom is -0.506 e. The molecule has 0 spiro atoms. The third kappa shape index (κ3) is 1.11. The summed E-state index contributed by atoms with van der Waals surface area (Å²) in [5.41, 5.74) is 1.34. The average molecular weight is 192 g/mol. The van der Waals surface area contributed by atoms with Crippen LogP contribution in [-0.4, -0.2) is 24.1 Å². The fourth-order valence-electron chi connectivity index (χ4n) is 1.56. The number of hydrogen-bond donors (Lipinski definition) is 2. The lowest BCUT2D eigenvalue weighted by Crippen LogP contribution is -2.43. The van der Waals surface area contributed by atoms with E-state index in [1.165, 1.54) is 0 Å². The lowest BCUT2D eigenvalue weighted by molar-refractivity contribution is -0.117. The van der Waals surface area contributed by atoms with Crippen LogP contribution in [0.25, 0.3) is 0 Å². The van der Waals surface area contributed by atoms with Crippen LogP contribution in [0.1, 0.15) is 6.92 Å². The van der Waals surface area contributed by atoms with E-state index in [1.807, 2.05) is 24.9 Å². The van der Waals surface area contributed by atoms with Crippen molar-refractivity contribution >= 4 is 17.3 Å². The molecule has 1 aliphatic heterocycles. The van der Waals surface area contributed by atoms with Crippen molar-refractivity contribution in [1.29, 1.82) is 0 Å². The van der Waals surface area contributed by atoms with Gasteiger partial charge in [-0.15, -0.1) is 0 Å². The van der Waals surface area contributed by atoms with Gasteiger partial charge < -0.3 is 15.3 Å². The quantitative estimate of drug-likeness (QED) is 0.607. The van der Waals surface area contributed by atoms with Gasteiger partial charge in [-0.3, -0.25) is 4.79 Å². The Kier molecular flexibility index (Phi) is 1.84. The molecule has 0 bridgehead atoms. The molecular formula is C10H12N2O2. The van der Waals surface area contributed by atoms with Crippen molar-refractivity contribution in [3.8, 4) is 5.75 Å². The Labute approximate surface area is 82.2 Å². The Balaban J connectivity index is 2.56. The summed E-state index contributed by atoms with van der Waals surface area (Å²) >= 11 is 0. The molecule has 1 heterocycles. The van der Waals surface area contributed by atoms with Gasteiger partial charge in [0.2, 0.25) is 5.91 Å². The molecule has 1 atom stereocenters. The monoisotopic (exact) mass is 192 g/mol. The van der Waals surface area contributed by atoms with Crippen molar-refractivity contribution in [2.24, 2.45) is 0 Å². The number of anilines is 2. The first-order valence-electron chi connectivity index (χ1n) is 4.47. The first-order chi connectivity index (χ1) is 6.61. The number of carbonyl (C=O) groups is 1. The molecule has 1 aromatic rings. The van der Waals surface area contributed by atoms with E-state index in [2.05, 4.69) is 5.32 Å². The van der Waals surface area contributed by atoms with E-state index in [4.69, 9.17) is 0 Å². The zero-order valence-electron chi connectivity index (χ0n) is 8.11. The number of hydrogen-bond acceptors (Lipinski definition) is 3. The maximum absolute atomic E-state index is 11.5. The first-order valence-corrected chi connectivity index (χ1v) is 4.47. The summed E-state index contributed by atoms with van der Waals surface area (Å²) in [6, 6.07) is 4.98. The number of rotatable bonds is 0. The summed E-state index contributed by atoms with van der Waals surface area (Å²) in [7, 11) is 1.84. The number of nitrogens with one attached hydrogen (secondary N) is 1. The summed E-state index contributed by atoms with van der Waals surface area (Å²) in [5.74, 6) is 0.0103. The molecule has 0 aliphatic carbocycles. The second-order valence-electron chi connectivity index (χ2n) is 3.45. The van der Waals surface area contributed by atoms with Gasteiger partial charge in [0.25, 0.3) is 0 Å². The normalized spacial score (nSPS) is 20.3. The predicted molar refractivity (Wildman–Crippen MR) is 54.6 cm³/mol. The summed E-state index contributed by atoms with van der Waals surface area (Å²) in [4.78, 5) is 13.3. The van der Waals surface area contributed by atoms with Gasteiger partial charge >= 0.3 is 0 Å². The van der Waals surface area contributed by atoms with Gasteiger partial charge in [0.15, 0.2) is 0 Å². The van der Waals surface area contributed by atoms with E-state index in [0.717, 1.165) is 5.69 Å². The molecule has 4 heteroatoms. The maximum Gasteiger partial charge on any atom is 0.246 e. The minimum atomic E-state index is -0.204. The van der Waals surface area contributed by atoms with E-state index >= 15 is 0 Å². The summed E-state index contributed by atoms with van der Waals surface area (Å²) in [5, 5.41) is 12.2. The molecule has 1 aliphatic rings. The van der Waals surface area contributed by atoms with Crippen LogP contribution in [0.4, 0.5) is 11.4 Å². The summed E-state index contributed by atoms with van der Waals surface area (Å²) in [6.45, 7) is 1.82. The SMILES string of the molecule is CC1C(=O)Nc2c(O)cccc2N1C. The average Bonchev–Trinajstić information content (AvgIpc) is 2.17. The van der Waals surface area contributed by atoms with Gasteiger partial charge in [-0.25, -0.2) is 0 Å². The van der Waals surface area contributed by atoms with Crippen molar-refractivity contribution < 1.29 is 9.90 Å². The van der Waals surface area contributed by atoms with Crippen LogP contribution in [0.5, 0.6) is 5.75 Å². The van der Waals surface area contributed by atoms with Crippen molar-refractivity contribution in [2.45, 2.75) is 13.0 Å². The molecule has 0 radical (unpaired) electrons. The highest BCUT2D eigenvalue weighted by Crippen LogP contribution is 2.37. The van der Waals surface area contributed by atoms with Crippen LogP contribution in [0.15, 0.2) is 18.2 Å². The number of benzene rings is 1. The highest BCUT2D eigenvalue weighted by molar-refractivity contribution is 6.04. The van der Waals surface area contributed by atoms with Gasteiger partial charge in [0.05, 0.1) is 5.69 Å². The summed E-state index contributed by atoms with van der Waals surface area (Å²) < 4.78 is 0. The maximum atomic E-state index is 11.5. The highest BCUT2D eigenvalue weighted by Gasteiger charge is 2.27. The van der Waals surface area contributed by atoms with Gasteiger partial charge in [0, 0.05) is 7.05 Å². The van der Waals surface area contributed by atoms with Crippen LogP contribution >= 0.6 is 0 Å². The number of phenols is 1. The van der Waals surface area contributed by atoms with Crippen molar-refractivity contribution in [1.82, 2.24) is 0 Å². The van der Waals surface area contributed by atoms with Crippen molar-refractivity contribution in [2.75, 3.05) is 17.3 Å². The second kappa shape index (κ2) is 2.90. The molecule has 1 unspecified atom stereocenters. The Bertz CT molecular complexity index is 390. The van der Waals surface area contributed by atoms with E-state index < -0.39 is 0 Å². The number of likely N-dealkylation sites (N-methyl/N-ethyl adjacent to an activating group) is 1. The molecular weight excluding hydrogens is 180 g/mol. The number of amides is 1. The molecule has 0 aromatic heterocycles. The number of aromatic hydroxyl groups is 1. The van der Waals surface area contributed by atoms with Crippen molar-refractivity contribution in [3.63, 3.8) is 0 Å². The minimum absolute atomic E-state index is 0.0958. The predicted octanol–water partition coefficient (Wildman–Crippen LogP) is 1.17. The third-order valence-electron chi connectivity index (χ3n) is 2.61. The van der Waals surface area contributed by atoms with Gasteiger partial charge in [-0.05, 0) is 19.1 Å². The number of phenolic OH excluding ortho intramolecular Hbond substituents is 1. The van der Waals surface area contributed by atoms with Gasteiger partial charge in [-0.1, -0.05) is 6.07 Å². The standard InChI is InChI=1S/C10H12N2O2/c1-6-10(14)11-9-7(12(6)2)4-3-5-8(9)13/h3-6,13H,1-2H3,(H,11,14). The fraction of sp³-hybridized carbons (Fsp3) is 0.300. The van der Waals surface area contributed by atoms with E-state index in [-0.39, 0.29) is 17.7 Å². The van der Waals surface area contributed by atoms with Crippen LogP contribution in [0.2, 0.25) is 0 Å². The molecule has 0 saturated heterocycles. The molecule has 1 amide bonds. The molecule has 2 rings (SSSR count). The Hall–Kier alpha value is -1.71. The Morgan fingerprint density at radius 3 is 2.93 bits per heavy atom. The van der Waals surface area contributed by atoms with Crippen LogP contribution in [0.3, 0.4) is 0 Å². The van der Waals surface area contributed by atoms with Crippen LogP contribution in [-0.2, 0) is 4.79 Å². The number of fused-ring (bicyclic) bond motifs is 1.